The maximum absolute atomic E-state index is 10.7. The number of nitrogens with one attached hydrogen (secondary N) is 3. The SMILES string of the molecule is C.C.Cn1nc(-c2ccc(Br)cc2)c(O)c1-c1nc2ccc(C(=N)N)cc2[nH]1.[C-]#[N+]c1ccc2nc(-c3c(O)c(-c4ccc(Br)cc4)nn3C)[nH]c2c1. The predicted octanol–water partition coefficient (Wildman–Crippen LogP) is 9.30. The lowest BCUT2D eigenvalue weighted by atomic mass is 10.1. The standard InChI is InChI=1S/C18H15BrN6O.C18H12BrN5O.2CH4/c1-25-15(16(26)14(24-25)9-2-5-11(19)6-3-9)18-22-12-7-4-10(17(20)21)8-13(12)23-18;1-20-12-7-8-13-14(9-12)22-18(21-13)16-17(25)15(23-24(16)2)10-3-5-11(19)6-4-10;;/h2-8,26H,1H3,(H3,20,21)(H,22,23);3-9,25H,2H3,(H,21,22);2*1H4. The van der Waals surface area contributed by atoms with E-state index in [2.05, 4.69) is 66.8 Å². The first-order valence-electron chi connectivity index (χ1n) is 15.3. The second kappa shape index (κ2) is 15.2. The molecule has 0 bridgehead atoms. The van der Waals surface area contributed by atoms with Crippen LogP contribution in [0.5, 0.6) is 11.5 Å². The Morgan fingerprint density at radius 3 is 1.58 bits per heavy atom. The average molecular weight is 838 g/mol. The first-order valence-corrected chi connectivity index (χ1v) is 16.8. The summed E-state index contributed by atoms with van der Waals surface area (Å²) >= 11 is 6.80. The van der Waals surface area contributed by atoms with E-state index < -0.39 is 0 Å². The van der Waals surface area contributed by atoms with Gasteiger partial charge < -0.3 is 25.9 Å². The average Bonchev–Trinajstić information content (AvgIpc) is 3.87. The molecule has 13 nitrogen and oxygen atoms in total. The number of hydrogen-bond donors (Lipinski definition) is 6. The van der Waals surface area contributed by atoms with E-state index in [-0.39, 0.29) is 32.2 Å². The summed E-state index contributed by atoms with van der Waals surface area (Å²) in [6, 6.07) is 25.7. The van der Waals surface area contributed by atoms with Gasteiger partial charge in [-0.3, -0.25) is 14.8 Å². The molecule has 4 aromatic carbocycles. The number of fused-ring (bicyclic) bond motifs is 2. The molecule has 53 heavy (non-hydrogen) atoms. The maximum Gasteiger partial charge on any atom is 0.189 e. The lowest BCUT2D eigenvalue weighted by Crippen LogP contribution is -2.10. The van der Waals surface area contributed by atoms with E-state index in [1.54, 1.807) is 59.9 Å². The van der Waals surface area contributed by atoms with Gasteiger partial charge in [0.15, 0.2) is 28.8 Å². The minimum absolute atomic E-state index is 0. The van der Waals surface area contributed by atoms with Crippen molar-refractivity contribution in [2.45, 2.75) is 14.9 Å². The fourth-order valence-electron chi connectivity index (χ4n) is 5.63. The first kappa shape index (κ1) is 38.0. The third-order valence-corrected chi connectivity index (χ3v) is 9.17. The Bertz CT molecular complexity index is 2650. The molecule has 4 aromatic heterocycles. The number of amidine groups is 1. The molecule has 0 unspecified atom stereocenters. The molecule has 0 aliphatic heterocycles. The van der Waals surface area contributed by atoms with Crippen molar-refractivity contribution in [1.82, 2.24) is 39.5 Å². The zero-order valence-electron chi connectivity index (χ0n) is 26.9. The van der Waals surface area contributed by atoms with E-state index in [0.29, 0.717) is 45.7 Å². The normalized spacial score (nSPS) is 10.6. The van der Waals surface area contributed by atoms with Gasteiger partial charge in [-0.15, -0.1) is 0 Å². The van der Waals surface area contributed by atoms with Crippen LogP contribution >= 0.6 is 31.9 Å². The number of halogens is 2. The number of nitrogen functional groups attached to an aromatic ring is 1. The number of nitrogens with two attached hydrogens (primary N) is 1. The first-order chi connectivity index (χ1) is 24.5. The van der Waals surface area contributed by atoms with Crippen LogP contribution in [0.4, 0.5) is 5.69 Å². The number of nitrogens with zero attached hydrogens (tertiary/aromatic N) is 7. The predicted molar refractivity (Wildman–Crippen MR) is 217 cm³/mol. The summed E-state index contributed by atoms with van der Waals surface area (Å²) in [4.78, 5) is 18.8. The van der Waals surface area contributed by atoms with Gasteiger partial charge in [-0.25, -0.2) is 14.8 Å². The fourth-order valence-corrected chi connectivity index (χ4v) is 6.16. The molecule has 268 valence electrons. The number of hydrogen-bond acceptors (Lipinski definition) is 7. The monoisotopic (exact) mass is 835 g/mol. The lowest BCUT2D eigenvalue weighted by Gasteiger charge is -1.99. The Kier molecular flexibility index (Phi) is 10.9. The van der Waals surface area contributed by atoms with Crippen molar-refractivity contribution in [3.63, 3.8) is 0 Å². The molecule has 0 saturated carbocycles. The van der Waals surface area contributed by atoms with Crippen LogP contribution in [0, 0.1) is 12.0 Å². The van der Waals surface area contributed by atoms with Crippen LogP contribution in [0.2, 0.25) is 0 Å². The highest BCUT2D eigenvalue weighted by Crippen LogP contribution is 2.39. The Labute approximate surface area is 321 Å². The highest BCUT2D eigenvalue weighted by molar-refractivity contribution is 9.10. The van der Waals surface area contributed by atoms with Crippen LogP contribution in [0.25, 0.3) is 72.5 Å². The smallest absolute Gasteiger partial charge is 0.189 e. The molecule has 0 radical (unpaired) electrons. The number of rotatable bonds is 5. The van der Waals surface area contributed by atoms with Gasteiger partial charge in [0.25, 0.3) is 0 Å². The summed E-state index contributed by atoms with van der Waals surface area (Å²) in [5.41, 5.74) is 13.2. The number of aromatic amines is 2. The van der Waals surface area contributed by atoms with Crippen molar-refractivity contribution in [2.75, 3.05) is 0 Å². The number of aryl methyl sites for hydroxylation is 2. The van der Waals surface area contributed by atoms with Crippen molar-refractivity contribution < 1.29 is 10.2 Å². The molecule has 4 heterocycles. The van der Waals surface area contributed by atoms with Crippen LogP contribution in [0.1, 0.15) is 20.4 Å². The van der Waals surface area contributed by atoms with E-state index in [1.165, 1.54) is 0 Å². The Morgan fingerprint density at radius 2 is 1.15 bits per heavy atom. The van der Waals surface area contributed by atoms with E-state index in [9.17, 15) is 10.2 Å². The van der Waals surface area contributed by atoms with Crippen molar-refractivity contribution in [3.05, 3.63) is 111 Å². The summed E-state index contributed by atoms with van der Waals surface area (Å²) in [5.74, 6) is 1.11. The molecule has 15 heteroatoms. The second-order valence-electron chi connectivity index (χ2n) is 11.5. The van der Waals surface area contributed by atoms with E-state index in [1.807, 2.05) is 48.5 Å². The molecule has 0 saturated heterocycles. The van der Waals surface area contributed by atoms with E-state index in [0.717, 1.165) is 42.1 Å². The highest BCUT2D eigenvalue weighted by atomic mass is 79.9. The molecule has 0 aliphatic carbocycles. The summed E-state index contributed by atoms with van der Waals surface area (Å²) < 4.78 is 5.10. The molecule has 0 spiro atoms. The third kappa shape index (κ3) is 7.27. The minimum Gasteiger partial charge on any atom is -0.504 e. The van der Waals surface area contributed by atoms with Crippen molar-refractivity contribution in [3.8, 4) is 57.1 Å². The van der Waals surface area contributed by atoms with Gasteiger partial charge in [0.1, 0.15) is 28.6 Å². The molecule has 8 aromatic rings. The van der Waals surface area contributed by atoms with Crippen LogP contribution in [0.3, 0.4) is 0 Å². The topological polar surface area (TPSA) is 188 Å². The third-order valence-electron chi connectivity index (χ3n) is 8.12. The van der Waals surface area contributed by atoms with Gasteiger partial charge in [-0.2, -0.15) is 10.2 Å². The number of aromatic nitrogens is 8. The molecular formula is C38H35Br2N11O2. The van der Waals surface area contributed by atoms with Crippen LogP contribution < -0.4 is 5.73 Å². The number of H-pyrrole nitrogens is 2. The lowest BCUT2D eigenvalue weighted by molar-refractivity contribution is 0.477. The van der Waals surface area contributed by atoms with Gasteiger partial charge in [-0.1, -0.05) is 77.0 Å². The van der Waals surface area contributed by atoms with Crippen LogP contribution in [-0.4, -0.2) is 55.5 Å². The van der Waals surface area contributed by atoms with Gasteiger partial charge >= 0.3 is 0 Å². The van der Waals surface area contributed by atoms with Gasteiger partial charge in [0.05, 0.1) is 28.6 Å². The Morgan fingerprint density at radius 1 is 0.717 bits per heavy atom. The summed E-state index contributed by atoms with van der Waals surface area (Å²) in [5, 5.41) is 37.9. The summed E-state index contributed by atoms with van der Waals surface area (Å²) in [6.07, 6.45) is 0. The van der Waals surface area contributed by atoms with Gasteiger partial charge in [0, 0.05) is 39.7 Å². The fraction of sp³-hybridized carbons (Fsp3) is 0.105. The quantitative estimate of drug-likeness (QED) is 0.0566. The molecule has 0 amide bonds. The largest absolute Gasteiger partial charge is 0.504 e. The van der Waals surface area contributed by atoms with Crippen molar-refractivity contribution >= 4 is 65.4 Å². The van der Waals surface area contributed by atoms with Crippen molar-refractivity contribution in [2.24, 2.45) is 19.8 Å². The zero-order chi connectivity index (χ0) is 36.0. The Balaban J connectivity index is 0.000000197. The molecule has 0 atom stereocenters. The maximum atomic E-state index is 10.7. The van der Waals surface area contributed by atoms with E-state index >= 15 is 0 Å². The molecule has 0 aliphatic rings. The van der Waals surface area contributed by atoms with Crippen LogP contribution in [-0.2, 0) is 14.1 Å². The van der Waals surface area contributed by atoms with Crippen molar-refractivity contribution in [1.29, 1.82) is 5.41 Å². The van der Waals surface area contributed by atoms with E-state index in [4.69, 9.17) is 17.7 Å². The molecule has 0 fully saturated rings. The summed E-state index contributed by atoms with van der Waals surface area (Å²) in [6.45, 7) is 7.10. The Hall–Kier alpha value is -6.24. The second-order valence-corrected chi connectivity index (χ2v) is 13.3. The minimum atomic E-state index is -0.0102. The number of imidazole rings is 2. The number of benzene rings is 4. The molecule has 7 N–H and O–H groups in total. The number of aromatic hydroxyl groups is 2. The highest BCUT2D eigenvalue weighted by Gasteiger charge is 2.22. The van der Waals surface area contributed by atoms with Gasteiger partial charge in [0.2, 0.25) is 0 Å². The zero-order valence-corrected chi connectivity index (χ0v) is 30.1. The molecule has 8 rings (SSSR count). The summed E-state index contributed by atoms with van der Waals surface area (Å²) in [7, 11) is 3.51. The molecular weight excluding hydrogens is 802 g/mol. The van der Waals surface area contributed by atoms with Gasteiger partial charge in [-0.05, 0) is 54.6 Å². The van der Waals surface area contributed by atoms with Crippen LogP contribution in [0.15, 0.2) is 93.9 Å².